The summed E-state index contributed by atoms with van der Waals surface area (Å²) in [7, 11) is 0. The van der Waals surface area contributed by atoms with Gasteiger partial charge in [-0.1, -0.05) is 85.2 Å². The van der Waals surface area contributed by atoms with E-state index in [4.69, 9.17) is 4.52 Å². The van der Waals surface area contributed by atoms with Gasteiger partial charge in [-0.3, -0.25) is 4.90 Å². The van der Waals surface area contributed by atoms with Crippen LogP contribution in [-0.4, -0.2) is 33.5 Å². The monoisotopic (exact) mass is 502 g/mol. The van der Waals surface area contributed by atoms with Crippen molar-refractivity contribution in [3.63, 3.8) is 0 Å². The molecule has 1 fully saturated rings. The minimum Gasteiger partial charge on any atom is -0.374 e. The Hall–Kier alpha value is -2.93. The Bertz CT molecular complexity index is 1220. The van der Waals surface area contributed by atoms with Crippen LogP contribution in [0.1, 0.15) is 42.3 Å². The summed E-state index contributed by atoms with van der Waals surface area (Å²) >= 11 is 1.76. The zero-order chi connectivity index (χ0) is 25.0. The number of hydrogen-bond acceptors (Lipinski definition) is 5. The second kappa shape index (κ2) is 11.0. The van der Waals surface area contributed by atoms with Gasteiger partial charge in [0.1, 0.15) is 11.5 Å². The van der Waals surface area contributed by atoms with Crippen LogP contribution in [0.25, 0.3) is 0 Å². The molecule has 1 saturated heterocycles. The molecule has 1 aromatic heterocycles. The predicted octanol–water partition coefficient (Wildman–Crippen LogP) is 6.49. The molecule has 0 aliphatic carbocycles. The number of likely N-dealkylation sites (tertiary alicyclic amines) is 1. The van der Waals surface area contributed by atoms with E-state index in [2.05, 4.69) is 17.0 Å². The van der Waals surface area contributed by atoms with Crippen LogP contribution in [0.4, 0.5) is 4.39 Å². The number of piperidine rings is 1. The van der Waals surface area contributed by atoms with Gasteiger partial charge in [-0.2, -0.15) is 0 Å². The van der Waals surface area contributed by atoms with E-state index in [1.165, 1.54) is 6.07 Å². The van der Waals surface area contributed by atoms with Gasteiger partial charge in [0.05, 0.1) is 6.54 Å². The molecule has 3 aromatic carbocycles. The number of benzene rings is 3. The number of hydrogen-bond donors (Lipinski definition) is 1. The normalized spacial score (nSPS) is 18.9. The van der Waals surface area contributed by atoms with Crippen LogP contribution in [0, 0.1) is 11.7 Å². The van der Waals surface area contributed by atoms with E-state index in [1.54, 1.807) is 23.9 Å². The van der Waals surface area contributed by atoms with Gasteiger partial charge < -0.3 is 9.63 Å². The van der Waals surface area contributed by atoms with Crippen molar-refractivity contribution in [2.24, 2.45) is 5.92 Å². The van der Waals surface area contributed by atoms with Crippen molar-refractivity contribution in [3.8, 4) is 0 Å². The van der Waals surface area contributed by atoms with Gasteiger partial charge in [0, 0.05) is 22.8 Å². The molecule has 0 saturated carbocycles. The SMILES string of the molecule is CCC1CCN(Cc2cc(C(O)(c3ccccc3)c3ccccc3)no2)CC1Sc1cccc(F)c1. The lowest BCUT2D eigenvalue weighted by Crippen LogP contribution is -2.41. The van der Waals surface area contributed by atoms with Crippen molar-refractivity contribution in [1.82, 2.24) is 10.1 Å². The quantitative estimate of drug-likeness (QED) is 0.298. The van der Waals surface area contributed by atoms with Crippen LogP contribution >= 0.6 is 11.8 Å². The Kier molecular flexibility index (Phi) is 7.56. The molecule has 4 nitrogen and oxygen atoms in total. The van der Waals surface area contributed by atoms with Crippen molar-refractivity contribution in [2.75, 3.05) is 13.1 Å². The molecule has 1 aliphatic heterocycles. The summed E-state index contributed by atoms with van der Waals surface area (Å²) in [6.07, 6.45) is 2.19. The van der Waals surface area contributed by atoms with Crippen LogP contribution in [0.3, 0.4) is 0 Å². The van der Waals surface area contributed by atoms with Gasteiger partial charge in [0.25, 0.3) is 0 Å². The van der Waals surface area contributed by atoms with Crippen LogP contribution in [0.5, 0.6) is 0 Å². The topological polar surface area (TPSA) is 49.5 Å². The maximum Gasteiger partial charge on any atom is 0.160 e. The highest BCUT2D eigenvalue weighted by Crippen LogP contribution is 2.38. The van der Waals surface area contributed by atoms with Gasteiger partial charge in [-0.25, -0.2) is 4.39 Å². The summed E-state index contributed by atoms with van der Waals surface area (Å²) in [6, 6.07) is 27.9. The molecule has 0 spiro atoms. The summed E-state index contributed by atoms with van der Waals surface area (Å²) in [6.45, 7) is 4.70. The molecule has 2 unspecified atom stereocenters. The second-order valence-corrected chi connectivity index (χ2v) is 10.7. The lowest BCUT2D eigenvalue weighted by atomic mass is 9.83. The molecular weight excluding hydrogens is 471 g/mol. The molecule has 1 aliphatic rings. The summed E-state index contributed by atoms with van der Waals surface area (Å²) in [4.78, 5) is 3.34. The van der Waals surface area contributed by atoms with Crippen molar-refractivity contribution in [3.05, 3.63) is 119 Å². The fourth-order valence-corrected chi connectivity index (χ4v) is 6.58. The largest absolute Gasteiger partial charge is 0.374 e. The number of thioether (sulfide) groups is 1. The average molecular weight is 503 g/mol. The van der Waals surface area contributed by atoms with Crippen molar-refractivity contribution < 1.29 is 14.0 Å². The number of halogens is 1. The summed E-state index contributed by atoms with van der Waals surface area (Å²) in [5, 5.41) is 16.7. The first-order valence-electron chi connectivity index (χ1n) is 12.5. The fourth-order valence-electron chi connectivity index (χ4n) is 5.09. The highest BCUT2D eigenvalue weighted by atomic mass is 32.2. The second-order valence-electron chi connectivity index (χ2n) is 9.43. The van der Waals surface area contributed by atoms with Crippen molar-refractivity contribution >= 4 is 11.8 Å². The average Bonchev–Trinajstić information content (AvgIpc) is 3.38. The first-order valence-corrected chi connectivity index (χ1v) is 13.4. The van der Waals surface area contributed by atoms with E-state index in [9.17, 15) is 9.50 Å². The third kappa shape index (κ3) is 5.26. The molecule has 36 heavy (non-hydrogen) atoms. The maximum absolute atomic E-state index is 13.7. The van der Waals surface area contributed by atoms with Crippen LogP contribution < -0.4 is 0 Å². The van der Waals surface area contributed by atoms with Gasteiger partial charge in [-0.05, 0) is 48.2 Å². The Morgan fingerprint density at radius 2 is 1.69 bits per heavy atom. The fraction of sp³-hybridized carbons (Fsp3) is 0.300. The van der Waals surface area contributed by atoms with Crippen LogP contribution in [0.15, 0.2) is 100 Å². The zero-order valence-electron chi connectivity index (χ0n) is 20.4. The number of aromatic nitrogens is 1. The van der Waals surface area contributed by atoms with Crippen LogP contribution in [0.2, 0.25) is 0 Å². The number of aliphatic hydroxyl groups is 1. The first kappa shape index (κ1) is 24.8. The Morgan fingerprint density at radius 3 is 2.33 bits per heavy atom. The summed E-state index contributed by atoms with van der Waals surface area (Å²) in [5.41, 5.74) is 0.552. The molecular formula is C30H31FN2O2S. The Balaban J connectivity index is 1.35. The smallest absolute Gasteiger partial charge is 0.160 e. The van der Waals surface area contributed by atoms with Gasteiger partial charge >= 0.3 is 0 Å². The first-order chi connectivity index (χ1) is 17.6. The molecule has 0 amide bonds. The van der Waals surface area contributed by atoms with E-state index in [-0.39, 0.29) is 5.82 Å². The maximum atomic E-state index is 13.7. The van der Waals surface area contributed by atoms with Gasteiger partial charge in [-0.15, -0.1) is 11.8 Å². The minimum absolute atomic E-state index is 0.195. The zero-order valence-corrected chi connectivity index (χ0v) is 21.2. The number of rotatable bonds is 8. The van der Waals surface area contributed by atoms with E-state index in [0.29, 0.717) is 23.4 Å². The third-order valence-corrected chi connectivity index (χ3v) is 8.44. The lowest BCUT2D eigenvalue weighted by molar-refractivity contribution is 0.115. The molecule has 1 N–H and O–H groups in total. The molecule has 186 valence electrons. The molecule has 0 bridgehead atoms. The summed E-state index contributed by atoms with van der Waals surface area (Å²) < 4.78 is 19.5. The van der Waals surface area contributed by atoms with E-state index >= 15 is 0 Å². The minimum atomic E-state index is -1.41. The van der Waals surface area contributed by atoms with Crippen molar-refractivity contribution in [1.29, 1.82) is 0 Å². The predicted molar refractivity (Wildman–Crippen MR) is 141 cm³/mol. The molecule has 5 rings (SSSR count). The van der Waals surface area contributed by atoms with E-state index in [1.807, 2.05) is 72.8 Å². The molecule has 2 atom stereocenters. The van der Waals surface area contributed by atoms with Crippen LogP contribution in [-0.2, 0) is 12.1 Å². The van der Waals surface area contributed by atoms with E-state index < -0.39 is 5.60 Å². The van der Waals surface area contributed by atoms with Crippen molar-refractivity contribution in [2.45, 2.75) is 42.1 Å². The molecule has 6 heteroatoms. The number of nitrogens with zero attached hydrogens (tertiary/aromatic N) is 2. The van der Waals surface area contributed by atoms with Gasteiger partial charge in [0.15, 0.2) is 11.4 Å². The lowest BCUT2D eigenvalue weighted by Gasteiger charge is -2.37. The Labute approximate surface area is 216 Å². The van der Waals surface area contributed by atoms with Gasteiger partial charge in [0.2, 0.25) is 0 Å². The highest BCUT2D eigenvalue weighted by molar-refractivity contribution is 8.00. The third-order valence-electron chi connectivity index (χ3n) is 7.08. The van der Waals surface area contributed by atoms with E-state index in [0.717, 1.165) is 47.7 Å². The summed E-state index contributed by atoms with van der Waals surface area (Å²) in [5.74, 6) is 1.11. The molecule has 2 heterocycles. The molecule has 0 radical (unpaired) electrons. The highest BCUT2D eigenvalue weighted by Gasteiger charge is 2.37. The Morgan fingerprint density at radius 1 is 1.00 bits per heavy atom. The standard InChI is InChI=1S/C30H31FN2O2S/c1-2-22-16-17-33(21-28(22)36-27-15-9-14-25(31)18-27)20-26-19-29(32-35-26)30(34,23-10-5-3-6-11-23)24-12-7-4-8-13-24/h3-15,18-19,22,28,34H,2,16-17,20-21H2,1H3. The molecule has 4 aromatic rings.